The maximum absolute atomic E-state index is 13.0. The Balaban J connectivity index is 1.56. The summed E-state index contributed by atoms with van der Waals surface area (Å²) in [5, 5.41) is 5.71. The van der Waals surface area contributed by atoms with E-state index in [1.807, 2.05) is 42.6 Å². The number of hydrogen-bond donors (Lipinski definition) is 0. The molecule has 3 aromatic rings. The molecule has 1 aliphatic heterocycles. The van der Waals surface area contributed by atoms with Crippen molar-refractivity contribution in [2.75, 3.05) is 24.7 Å². The quantitative estimate of drug-likeness (QED) is 0.584. The number of rotatable bonds is 5. The van der Waals surface area contributed by atoms with Crippen molar-refractivity contribution in [2.45, 2.75) is 39.7 Å². The molecule has 2 aromatic heterocycles. The van der Waals surface area contributed by atoms with Crippen molar-refractivity contribution in [2.24, 2.45) is 0 Å². The van der Waals surface area contributed by atoms with E-state index < -0.39 is 6.04 Å². The summed E-state index contributed by atoms with van der Waals surface area (Å²) >= 11 is 1.68. The Morgan fingerprint density at radius 2 is 2.07 bits per heavy atom. The molecule has 0 aliphatic carbocycles. The summed E-state index contributed by atoms with van der Waals surface area (Å²) < 4.78 is 7.04. The highest BCUT2D eigenvalue weighted by Crippen LogP contribution is 2.24. The fourth-order valence-corrected chi connectivity index (χ4v) is 5.08. The van der Waals surface area contributed by atoms with E-state index in [2.05, 4.69) is 5.10 Å². The SMILES string of the molecule is CCOC(=O)[C@H]1CSCCN1C(=O)CCc1c(C)nc2c3ccccc3nn2c1C. The zero-order valence-corrected chi connectivity index (χ0v) is 18.4. The molecule has 0 bridgehead atoms. The van der Waals surface area contributed by atoms with Crippen molar-refractivity contribution in [3.8, 4) is 0 Å². The molecule has 0 N–H and O–H groups in total. The number of carbonyl (C=O) groups excluding carboxylic acids is 2. The summed E-state index contributed by atoms with van der Waals surface area (Å²) in [4.78, 5) is 31.7. The number of esters is 1. The molecule has 0 unspecified atom stereocenters. The molecular weight excluding hydrogens is 400 g/mol. The second kappa shape index (κ2) is 8.63. The number of fused-ring (bicyclic) bond motifs is 3. The van der Waals surface area contributed by atoms with Gasteiger partial charge in [0.2, 0.25) is 5.91 Å². The summed E-state index contributed by atoms with van der Waals surface area (Å²) in [5.74, 6) is 1.11. The van der Waals surface area contributed by atoms with E-state index >= 15 is 0 Å². The molecule has 3 heterocycles. The van der Waals surface area contributed by atoms with Crippen LogP contribution in [0.4, 0.5) is 0 Å². The predicted octanol–water partition coefficient (Wildman–Crippen LogP) is 2.94. The van der Waals surface area contributed by atoms with Crippen molar-refractivity contribution >= 4 is 40.2 Å². The van der Waals surface area contributed by atoms with Crippen molar-refractivity contribution in [1.29, 1.82) is 0 Å². The highest BCUT2D eigenvalue weighted by atomic mass is 32.2. The molecule has 8 heteroatoms. The molecule has 0 saturated carbocycles. The van der Waals surface area contributed by atoms with Gasteiger partial charge in [-0.2, -0.15) is 16.9 Å². The fraction of sp³-hybridized carbons (Fsp3) is 0.455. The Hall–Kier alpha value is -2.61. The lowest BCUT2D eigenvalue weighted by atomic mass is 10.1. The normalized spacial score (nSPS) is 16.9. The van der Waals surface area contributed by atoms with Gasteiger partial charge in [0.25, 0.3) is 0 Å². The summed E-state index contributed by atoms with van der Waals surface area (Å²) in [5.41, 5.74) is 4.69. The van der Waals surface area contributed by atoms with Gasteiger partial charge in [-0.25, -0.2) is 14.3 Å². The third-order valence-corrected chi connectivity index (χ3v) is 6.64. The third kappa shape index (κ3) is 3.76. The van der Waals surface area contributed by atoms with Crippen LogP contribution >= 0.6 is 11.8 Å². The monoisotopic (exact) mass is 426 g/mol. The van der Waals surface area contributed by atoms with Gasteiger partial charge in [-0.3, -0.25) is 4.79 Å². The smallest absolute Gasteiger partial charge is 0.329 e. The van der Waals surface area contributed by atoms with Crippen molar-refractivity contribution in [3.05, 3.63) is 41.2 Å². The van der Waals surface area contributed by atoms with E-state index in [4.69, 9.17) is 9.72 Å². The summed E-state index contributed by atoms with van der Waals surface area (Å²) in [6.07, 6.45) is 0.894. The topological polar surface area (TPSA) is 76.8 Å². The van der Waals surface area contributed by atoms with Crippen LogP contribution in [0.2, 0.25) is 0 Å². The van der Waals surface area contributed by atoms with E-state index in [0.29, 0.717) is 31.7 Å². The molecule has 30 heavy (non-hydrogen) atoms. The van der Waals surface area contributed by atoms with Gasteiger partial charge < -0.3 is 9.64 Å². The van der Waals surface area contributed by atoms with E-state index in [-0.39, 0.29) is 11.9 Å². The van der Waals surface area contributed by atoms with Crippen LogP contribution in [0.15, 0.2) is 24.3 Å². The van der Waals surface area contributed by atoms with Crippen molar-refractivity contribution in [1.82, 2.24) is 19.5 Å². The molecule has 1 amide bonds. The average Bonchev–Trinajstić information content (AvgIpc) is 3.12. The van der Waals surface area contributed by atoms with Crippen molar-refractivity contribution in [3.63, 3.8) is 0 Å². The lowest BCUT2D eigenvalue weighted by molar-refractivity contribution is -0.153. The largest absolute Gasteiger partial charge is 0.464 e. The van der Waals surface area contributed by atoms with Crippen LogP contribution < -0.4 is 0 Å². The van der Waals surface area contributed by atoms with Gasteiger partial charge in [-0.05, 0) is 44.9 Å². The summed E-state index contributed by atoms with van der Waals surface area (Å²) in [6, 6.07) is 7.46. The number of aryl methyl sites for hydroxylation is 2. The molecule has 0 spiro atoms. The van der Waals surface area contributed by atoms with Gasteiger partial charge in [0.05, 0.1) is 12.1 Å². The van der Waals surface area contributed by atoms with Crippen LogP contribution in [0.1, 0.15) is 30.3 Å². The summed E-state index contributed by atoms with van der Waals surface area (Å²) in [6.45, 7) is 6.68. The minimum absolute atomic E-state index is 0.0159. The first kappa shape index (κ1) is 20.7. The highest BCUT2D eigenvalue weighted by molar-refractivity contribution is 7.99. The first-order chi connectivity index (χ1) is 14.5. The predicted molar refractivity (Wildman–Crippen MR) is 118 cm³/mol. The minimum Gasteiger partial charge on any atom is -0.464 e. The number of thioether (sulfide) groups is 1. The van der Waals surface area contributed by atoms with E-state index in [0.717, 1.165) is 39.3 Å². The van der Waals surface area contributed by atoms with E-state index in [9.17, 15) is 9.59 Å². The Bertz CT molecular complexity index is 1110. The van der Waals surface area contributed by atoms with Crippen molar-refractivity contribution < 1.29 is 14.3 Å². The Morgan fingerprint density at radius 1 is 1.27 bits per heavy atom. The lowest BCUT2D eigenvalue weighted by Crippen LogP contribution is -2.51. The zero-order valence-electron chi connectivity index (χ0n) is 17.6. The van der Waals surface area contributed by atoms with Crippen LogP contribution in [0.5, 0.6) is 0 Å². The number of ether oxygens (including phenoxy) is 1. The Morgan fingerprint density at radius 3 is 2.87 bits per heavy atom. The number of carbonyl (C=O) groups is 2. The molecule has 0 radical (unpaired) electrons. The maximum Gasteiger partial charge on any atom is 0.329 e. The van der Waals surface area contributed by atoms with Crippen LogP contribution in [-0.4, -0.2) is 62.1 Å². The number of hydrogen-bond acceptors (Lipinski definition) is 6. The fourth-order valence-electron chi connectivity index (χ4n) is 4.05. The van der Waals surface area contributed by atoms with Crippen LogP contribution in [0, 0.1) is 13.8 Å². The van der Waals surface area contributed by atoms with Gasteiger partial charge in [-0.15, -0.1) is 0 Å². The number of benzene rings is 1. The van der Waals surface area contributed by atoms with Crippen LogP contribution in [-0.2, 0) is 20.7 Å². The second-order valence-corrected chi connectivity index (χ2v) is 8.59. The van der Waals surface area contributed by atoms with Gasteiger partial charge >= 0.3 is 5.97 Å². The van der Waals surface area contributed by atoms with Gasteiger partial charge in [0, 0.05) is 41.2 Å². The lowest BCUT2D eigenvalue weighted by Gasteiger charge is -2.33. The average molecular weight is 427 g/mol. The maximum atomic E-state index is 13.0. The van der Waals surface area contributed by atoms with Gasteiger partial charge in [-0.1, -0.05) is 12.1 Å². The molecule has 1 aromatic carbocycles. The first-order valence-corrected chi connectivity index (χ1v) is 11.4. The molecule has 1 atom stereocenters. The zero-order chi connectivity index (χ0) is 21.3. The van der Waals surface area contributed by atoms with Crippen LogP contribution in [0.25, 0.3) is 16.6 Å². The van der Waals surface area contributed by atoms with E-state index in [1.165, 1.54) is 0 Å². The number of amides is 1. The Labute approximate surface area is 179 Å². The molecule has 158 valence electrons. The van der Waals surface area contributed by atoms with E-state index in [1.54, 1.807) is 23.6 Å². The summed E-state index contributed by atoms with van der Waals surface area (Å²) in [7, 11) is 0. The molecule has 7 nitrogen and oxygen atoms in total. The second-order valence-electron chi connectivity index (χ2n) is 7.44. The molecular formula is C22H26N4O3S. The third-order valence-electron chi connectivity index (χ3n) is 5.61. The first-order valence-electron chi connectivity index (χ1n) is 10.3. The van der Waals surface area contributed by atoms with Gasteiger partial charge in [0.1, 0.15) is 6.04 Å². The minimum atomic E-state index is -0.490. The standard InChI is InChI=1S/C22H26N4O3S/c1-4-29-22(28)19-13-30-12-11-25(19)20(27)10-9-16-14(2)23-21-17-7-5-6-8-18(17)24-26(21)15(16)3/h5-8,19H,4,9-13H2,1-3H3/t19-/m1/s1. The number of aromatic nitrogens is 3. The molecule has 1 saturated heterocycles. The van der Waals surface area contributed by atoms with Crippen LogP contribution in [0.3, 0.4) is 0 Å². The number of nitrogens with zero attached hydrogens (tertiary/aromatic N) is 4. The molecule has 4 rings (SSSR count). The molecule has 1 fully saturated rings. The highest BCUT2D eigenvalue weighted by Gasteiger charge is 2.33. The molecule has 1 aliphatic rings. The van der Waals surface area contributed by atoms with Gasteiger partial charge in [0.15, 0.2) is 5.65 Å². The Kier molecular flexibility index (Phi) is 5.94.